The van der Waals surface area contributed by atoms with Gasteiger partial charge in [0, 0.05) is 26.2 Å². The van der Waals surface area contributed by atoms with E-state index in [9.17, 15) is 4.79 Å². The molecule has 1 heterocycles. The van der Waals surface area contributed by atoms with Crippen LogP contribution in [0, 0.1) is 0 Å². The number of hydrogen-bond donors (Lipinski definition) is 1. The van der Waals surface area contributed by atoms with E-state index < -0.39 is 0 Å². The van der Waals surface area contributed by atoms with E-state index in [1.54, 1.807) is 0 Å². The van der Waals surface area contributed by atoms with Gasteiger partial charge in [-0.1, -0.05) is 30.3 Å². The van der Waals surface area contributed by atoms with Crippen LogP contribution in [0.25, 0.3) is 10.8 Å². The van der Waals surface area contributed by atoms with Crippen LogP contribution in [0.15, 0.2) is 40.9 Å². The monoisotopic (exact) mass is 348 g/mol. The summed E-state index contributed by atoms with van der Waals surface area (Å²) < 4.78 is 6.60. The van der Waals surface area contributed by atoms with Crippen molar-refractivity contribution in [2.75, 3.05) is 32.8 Å². The van der Waals surface area contributed by atoms with Crippen molar-refractivity contribution in [1.29, 1.82) is 0 Å². The predicted octanol–water partition coefficient (Wildman–Crippen LogP) is 2.41. The molecule has 3 rings (SSSR count). The summed E-state index contributed by atoms with van der Waals surface area (Å²) in [5.41, 5.74) is 0. The Morgan fingerprint density at radius 1 is 1.19 bits per heavy atom. The minimum absolute atomic E-state index is 0.0385. The van der Waals surface area contributed by atoms with Gasteiger partial charge < -0.3 is 15.0 Å². The number of amides is 1. The molecule has 1 amide bonds. The van der Waals surface area contributed by atoms with Crippen molar-refractivity contribution >= 4 is 32.6 Å². The molecule has 0 atom stereocenters. The Bertz CT molecular complexity index is 654. The van der Waals surface area contributed by atoms with E-state index in [0.29, 0.717) is 5.75 Å². The maximum Gasteiger partial charge on any atom is 0.260 e. The van der Waals surface area contributed by atoms with Crippen molar-refractivity contribution < 1.29 is 9.53 Å². The Kier molecular flexibility index (Phi) is 4.41. The highest BCUT2D eigenvalue weighted by Crippen LogP contribution is 2.32. The molecule has 1 aliphatic rings. The Morgan fingerprint density at radius 2 is 1.95 bits per heavy atom. The molecule has 1 N–H and O–H groups in total. The SMILES string of the molecule is O=C(COc1ccc2ccccc2c1Br)N1CCNCC1. The fourth-order valence-electron chi connectivity index (χ4n) is 2.47. The summed E-state index contributed by atoms with van der Waals surface area (Å²) >= 11 is 3.57. The van der Waals surface area contributed by atoms with Crippen LogP contribution < -0.4 is 10.1 Å². The van der Waals surface area contributed by atoms with E-state index in [0.717, 1.165) is 41.4 Å². The molecule has 0 aromatic heterocycles. The lowest BCUT2D eigenvalue weighted by Crippen LogP contribution is -2.47. The van der Waals surface area contributed by atoms with Crippen molar-refractivity contribution in [2.24, 2.45) is 0 Å². The topological polar surface area (TPSA) is 41.6 Å². The number of carbonyl (C=O) groups is 1. The zero-order valence-corrected chi connectivity index (χ0v) is 13.2. The van der Waals surface area contributed by atoms with Crippen molar-refractivity contribution in [3.05, 3.63) is 40.9 Å². The van der Waals surface area contributed by atoms with Crippen LogP contribution in [0.4, 0.5) is 0 Å². The average molecular weight is 349 g/mol. The van der Waals surface area contributed by atoms with E-state index in [4.69, 9.17) is 4.74 Å². The van der Waals surface area contributed by atoms with Crippen LogP contribution in [-0.4, -0.2) is 43.6 Å². The molecule has 0 aliphatic carbocycles. The number of rotatable bonds is 3. The van der Waals surface area contributed by atoms with Crippen LogP contribution in [-0.2, 0) is 4.79 Å². The summed E-state index contributed by atoms with van der Waals surface area (Å²) in [4.78, 5) is 13.9. The number of fused-ring (bicyclic) bond motifs is 1. The first-order valence-electron chi connectivity index (χ1n) is 7.04. The number of piperazine rings is 1. The third-order valence-corrected chi connectivity index (χ3v) is 4.47. The molecule has 0 spiro atoms. The molecule has 4 nitrogen and oxygen atoms in total. The summed E-state index contributed by atoms with van der Waals surface area (Å²) in [7, 11) is 0. The smallest absolute Gasteiger partial charge is 0.260 e. The van der Waals surface area contributed by atoms with E-state index >= 15 is 0 Å². The minimum Gasteiger partial charge on any atom is -0.483 e. The molecule has 21 heavy (non-hydrogen) atoms. The van der Waals surface area contributed by atoms with Gasteiger partial charge >= 0.3 is 0 Å². The van der Waals surface area contributed by atoms with Crippen molar-refractivity contribution in [2.45, 2.75) is 0 Å². The normalized spacial score (nSPS) is 15.2. The van der Waals surface area contributed by atoms with Crippen molar-refractivity contribution in [3.63, 3.8) is 0 Å². The zero-order valence-electron chi connectivity index (χ0n) is 11.6. The van der Waals surface area contributed by atoms with Gasteiger partial charge in [0.05, 0.1) is 4.47 Å². The predicted molar refractivity (Wildman–Crippen MR) is 86.6 cm³/mol. The Balaban J connectivity index is 1.70. The van der Waals surface area contributed by atoms with Gasteiger partial charge in [-0.2, -0.15) is 0 Å². The first kappa shape index (κ1) is 14.4. The molecule has 1 fully saturated rings. The van der Waals surface area contributed by atoms with Gasteiger partial charge in [-0.25, -0.2) is 0 Å². The molecule has 0 saturated carbocycles. The summed E-state index contributed by atoms with van der Waals surface area (Å²) in [5, 5.41) is 5.46. The highest BCUT2D eigenvalue weighted by Gasteiger charge is 2.17. The van der Waals surface area contributed by atoms with Crippen LogP contribution in [0.2, 0.25) is 0 Å². The lowest BCUT2D eigenvalue weighted by Gasteiger charge is -2.27. The molecule has 110 valence electrons. The molecule has 0 unspecified atom stereocenters. The average Bonchev–Trinajstić information content (AvgIpc) is 2.55. The number of carbonyl (C=O) groups excluding carboxylic acids is 1. The lowest BCUT2D eigenvalue weighted by molar-refractivity contribution is -0.133. The van der Waals surface area contributed by atoms with Crippen molar-refractivity contribution in [1.82, 2.24) is 10.2 Å². The fraction of sp³-hybridized carbons (Fsp3) is 0.312. The van der Waals surface area contributed by atoms with Crippen molar-refractivity contribution in [3.8, 4) is 5.75 Å². The summed E-state index contributed by atoms with van der Waals surface area (Å²) in [6.45, 7) is 3.29. The van der Waals surface area contributed by atoms with Crippen LogP contribution in [0.5, 0.6) is 5.75 Å². The second kappa shape index (κ2) is 6.45. The largest absolute Gasteiger partial charge is 0.483 e. The molecule has 1 aliphatic heterocycles. The number of halogens is 1. The number of benzene rings is 2. The quantitative estimate of drug-likeness (QED) is 0.925. The highest BCUT2D eigenvalue weighted by molar-refractivity contribution is 9.10. The van der Waals surface area contributed by atoms with E-state index in [1.165, 1.54) is 0 Å². The van der Waals surface area contributed by atoms with Gasteiger partial charge in [-0.05, 0) is 32.8 Å². The van der Waals surface area contributed by atoms with Gasteiger partial charge in [-0.15, -0.1) is 0 Å². The molecule has 0 radical (unpaired) electrons. The first-order valence-corrected chi connectivity index (χ1v) is 7.83. The summed E-state index contributed by atoms with van der Waals surface area (Å²) in [6.07, 6.45) is 0. The van der Waals surface area contributed by atoms with Gasteiger partial charge in [0.15, 0.2) is 6.61 Å². The molecule has 2 aromatic rings. The number of hydrogen-bond acceptors (Lipinski definition) is 3. The highest BCUT2D eigenvalue weighted by atomic mass is 79.9. The van der Waals surface area contributed by atoms with Crippen LogP contribution in [0.1, 0.15) is 0 Å². The van der Waals surface area contributed by atoms with Gasteiger partial charge in [-0.3, -0.25) is 4.79 Å². The van der Waals surface area contributed by atoms with E-state index in [1.807, 2.05) is 35.2 Å². The third kappa shape index (κ3) is 3.19. The lowest BCUT2D eigenvalue weighted by atomic mass is 10.1. The van der Waals surface area contributed by atoms with Crippen LogP contribution in [0.3, 0.4) is 0 Å². The molecule has 1 saturated heterocycles. The fourth-order valence-corrected chi connectivity index (χ4v) is 3.08. The minimum atomic E-state index is 0.0385. The van der Waals surface area contributed by atoms with Gasteiger partial charge in [0.1, 0.15) is 5.75 Å². The summed E-state index contributed by atoms with van der Waals surface area (Å²) in [5.74, 6) is 0.744. The summed E-state index contributed by atoms with van der Waals surface area (Å²) in [6, 6.07) is 12.0. The third-order valence-electron chi connectivity index (χ3n) is 3.65. The second-order valence-corrected chi connectivity index (χ2v) is 5.81. The number of ether oxygens (including phenoxy) is 1. The molecular formula is C16H17BrN2O2. The van der Waals surface area contributed by atoms with E-state index in [2.05, 4.69) is 27.3 Å². The van der Waals surface area contributed by atoms with Gasteiger partial charge in [0.25, 0.3) is 5.91 Å². The number of nitrogens with one attached hydrogen (secondary N) is 1. The van der Waals surface area contributed by atoms with E-state index in [-0.39, 0.29) is 12.5 Å². The first-order chi connectivity index (χ1) is 10.3. The maximum absolute atomic E-state index is 12.1. The molecule has 0 bridgehead atoms. The second-order valence-electron chi connectivity index (χ2n) is 5.02. The van der Waals surface area contributed by atoms with Gasteiger partial charge in [0.2, 0.25) is 0 Å². The Morgan fingerprint density at radius 3 is 2.76 bits per heavy atom. The Hall–Kier alpha value is -1.59. The zero-order chi connectivity index (χ0) is 14.7. The standard InChI is InChI=1S/C16H17BrN2O2/c17-16-13-4-2-1-3-12(13)5-6-14(16)21-11-15(20)19-9-7-18-8-10-19/h1-6,18H,7-11H2. The maximum atomic E-state index is 12.1. The Labute approximate surface area is 132 Å². The number of nitrogens with zero attached hydrogens (tertiary/aromatic N) is 1. The van der Waals surface area contributed by atoms with Crippen LogP contribution >= 0.6 is 15.9 Å². The molecular weight excluding hydrogens is 332 g/mol. The molecule has 2 aromatic carbocycles. The molecule has 5 heteroatoms.